The van der Waals surface area contributed by atoms with Crippen LogP contribution in [-0.2, 0) is 6.54 Å². The highest BCUT2D eigenvalue weighted by Gasteiger charge is 2.25. The molecule has 84 valence electrons. The first-order valence-electron chi connectivity index (χ1n) is 5.46. The molecule has 2 aromatic rings. The fourth-order valence-corrected chi connectivity index (χ4v) is 2.66. The van der Waals surface area contributed by atoms with Crippen molar-refractivity contribution in [1.82, 2.24) is 0 Å². The minimum absolute atomic E-state index is 0.576. The second-order valence-corrected chi connectivity index (χ2v) is 4.90. The summed E-state index contributed by atoms with van der Waals surface area (Å²) in [6.07, 6.45) is 0. The molecule has 0 atom stereocenters. The molecule has 3 heteroatoms. The van der Waals surface area contributed by atoms with E-state index in [9.17, 15) is 0 Å². The Balaban J connectivity index is 2.05. The molecule has 0 spiro atoms. The lowest BCUT2D eigenvalue weighted by molar-refractivity contribution is 1.04. The van der Waals surface area contributed by atoms with Crippen LogP contribution in [0.2, 0.25) is 0 Å². The van der Waals surface area contributed by atoms with E-state index in [1.807, 2.05) is 47.4 Å². The Kier molecular flexibility index (Phi) is 2.48. The number of hydrogen-bond donors (Lipinski definition) is 1. The maximum absolute atomic E-state index is 8.23. The van der Waals surface area contributed by atoms with Gasteiger partial charge >= 0.3 is 0 Å². The molecule has 0 saturated heterocycles. The fourth-order valence-electron chi connectivity index (χ4n) is 2.16. The highest BCUT2D eigenvalue weighted by atomic mass is 79.9. The summed E-state index contributed by atoms with van der Waals surface area (Å²) in [6, 6.07) is 16.1. The number of fused-ring (bicyclic) bond motifs is 1. The Bertz CT molecular complexity index is 592. The third kappa shape index (κ3) is 1.67. The molecule has 0 bridgehead atoms. The van der Waals surface area contributed by atoms with Gasteiger partial charge in [0, 0.05) is 10.0 Å². The third-order valence-corrected chi connectivity index (χ3v) is 3.68. The largest absolute Gasteiger partial charge is 0.321 e. The summed E-state index contributed by atoms with van der Waals surface area (Å²) in [4.78, 5) is 2.02. The van der Waals surface area contributed by atoms with Gasteiger partial charge in [0.25, 0.3) is 0 Å². The Labute approximate surface area is 109 Å². The van der Waals surface area contributed by atoms with Crippen molar-refractivity contribution in [2.24, 2.45) is 0 Å². The van der Waals surface area contributed by atoms with Crippen molar-refractivity contribution in [3.63, 3.8) is 0 Å². The predicted octanol–water partition coefficient (Wildman–Crippen LogP) is 3.79. The summed E-state index contributed by atoms with van der Waals surface area (Å²) in [6.45, 7) is 0.775. The standard InChI is InChI=1S/C14H11BrN2/c15-12-7-3-4-8-13(12)17-9-10-5-1-2-6-11(10)14(17)16/h1-8,16H,9H2. The summed E-state index contributed by atoms with van der Waals surface area (Å²) in [7, 11) is 0. The first-order valence-corrected chi connectivity index (χ1v) is 6.25. The van der Waals surface area contributed by atoms with Crippen LogP contribution in [0.15, 0.2) is 53.0 Å². The molecule has 1 N–H and O–H groups in total. The van der Waals surface area contributed by atoms with Crippen LogP contribution in [-0.4, -0.2) is 5.84 Å². The van der Waals surface area contributed by atoms with Crippen LogP contribution in [0.25, 0.3) is 0 Å². The summed E-state index contributed by atoms with van der Waals surface area (Å²) in [5, 5.41) is 8.23. The molecule has 1 aliphatic heterocycles. The number of nitrogens with zero attached hydrogens (tertiary/aromatic N) is 1. The van der Waals surface area contributed by atoms with Crippen molar-refractivity contribution < 1.29 is 0 Å². The van der Waals surface area contributed by atoms with Gasteiger partial charge in [-0.2, -0.15) is 0 Å². The molecule has 0 radical (unpaired) electrons. The van der Waals surface area contributed by atoms with Gasteiger partial charge in [-0.05, 0) is 33.6 Å². The number of amidine groups is 1. The summed E-state index contributed by atoms with van der Waals surface area (Å²) in [5.74, 6) is 0.576. The van der Waals surface area contributed by atoms with E-state index in [1.54, 1.807) is 0 Å². The van der Waals surface area contributed by atoms with E-state index in [0.717, 1.165) is 22.3 Å². The molecule has 0 fully saturated rings. The lowest BCUT2D eigenvalue weighted by Crippen LogP contribution is -2.23. The van der Waals surface area contributed by atoms with E-state index < -0.39 is 0 Å². The Morgan fingerprint density at radius 3 is 2.47 bits per heavy atom. The van der Waals surface area contributed by atoms with Crippen molar-refractivity contribution in [3.05, 3.63) is 64.1 Å². The summed E-state index contributed by atoms with van der Waals surface area (Å²) in [5.41, 5.74) is 3.30. The van der Waals surface area contributed by atoms with Gasteiger partial charge in [0.15, 0.2) is 0 Å². The first kappa shape index (κ1) is 10.5. The molecule has 0 aliphatic carbocycles. The molecule has 1 aliphatic rings. The molecule has 1 heterocycles. The van der Waals surface area contributed by atoms with E-state index in [2.05, 4.69) is 22.0 Å². The van der Waals surface area contributed by atoms with Gasteiger partial charge in [0.2, 0.25) is 0 Å². The van der Waals surface area contributed by atoms with Gasteiger partial charge in [0.1, 0.15) is 5.84 Å². The Hall–Kier alpha value is -1.61. The van der Waals surface area contributed by atoms with Crippen LogP contribution in [0.3, 0.4) is 0 Å². The molecule has 2 nitrogen and oxygen atoms in total. The summed E-state index contributed by atoms with van der Waals surface area (Å²) < 4.78 is 1.03. The van der Waals surface area contributed by atoms with Gasteiger partial charge < -0.3 is 4.90 Å². The van der Waals surface area contributed by atoms with Gasteiger partial charge in [-0.3, -0.25) is 5.41 Å². The van der Waals surface area contributed by atoms with Crippen LogP contribution in [0, 0.1) is 5.41 Å². The summed E-state index contributed by atoms with van der Waals surface area (Å²) >= 11 is 3.54. The van der Waals surface area contributed by atoms with Crippen molar-refractivity contribution in [3.8, 4) is 0 Å². The SMILES string of the molecule is N=C1c2ccccc2CN1c1ccccc1Br. The molecular weight excluding hydrogens is 276 g/mol. The van der Waals surface area contributed by atoms with Crippen LogP contribution in [0.1, 0.15) is 11.1 Å². The van der Waals surface area contributed by atoms with Crippen molar-refractivity contribution in [2.45, 2.75) is 6.54 Å². The number of anilines is 1. The highest BCUT2D eigenvalue weighted by molar-refractivity contribution is 9.10. The van der Waals surface area contributed by atoms with Crippen LogP contribution in [0.5, 0.6) is 0 Å². The zero-order valence-corrected chi connectivity index (χ0v) is 10.7. The van der Waals surface area contributed by atoms with E-state index in [1.165, 1.54) is 5.56 Å². The second kappa shape index (κ2) is 4.00. The maximum atomic E-state index is 8.23. The van der Waals surface area contributed by atoms with Crippen molar-refractivity contribution >= 4 is 27.5 Å². The molecule has 0 unspecified atom stereocenters. The molecule has 17 heavy (non-hydrogen) atoms. The number of hydrogen-bond acceptors (Lipinski definition) is 1. The van der Waals surface area contributed by atoms with Crippen molar-refractivity contribution in [1.29, 1.82) is 5.41 Å². The first-order chi connectivity index (χ1) is 8.27. The van der Waals surface area contributed by atoms with Gasteiger partial charge in [-0.25, -0.2) is 0 Å². The topological polar surface area (TPSA) is 27.1 Å². The van der Waals surface area contributed by atoms with E-state index in [-0.39, 0.29) is 0 Å². The minimum Gasteiger partial charge on any atom is -0.321 e. The third-order valence-electron chi connectivity index (χ3n) is 3.01. The number of benzene rings is 2. The zero-order valence-electron chi connectivity index (χ0n) is 9.15. The molecule has 2 aromatic carbocycles. The molecule has 0 amide bonds. The average Bonchev–Trinajstić information content (AvgIpc) is 2.68. The van der Waals surface area contributed by atoms with Crippen LogP contribution in [0.4, 0.5) is 5.69 Å². The molecule has 0 saturated carbocycles. The highest BCUT2D eigenvalue weighted by Crippen LogP contribution is 2.32. The Morgan fingerprint density at radius 2 is 1.71 bits per heavy atom. The van der Waals surface area contributed by atoms with E-state index in [4.69, 9.17) is 5.41 Å². The lowest BCUT2D eigenvalue weighted by Gasteiger charge is -2.19. The van der Waals surface area contributed by atoms with Gasteiger partial charge in [0.05, 0.1) is 12.2 Å². The van der Waals surface area contributed by atoms with E-state index >= 15 is 0 Å². The number of para-hydroxylation sites is 1. The zero-order chi connectivity index (χ0) is 11.8. The Morgan fingerprint density at radius 1 is 1.00 bits per heavy atom. The van der Waals surface area contributed by atoms with Gasteiger partial charge in [-0.1, -0.05) is 36.4 Å². The lowest BCUT2D eigenvalue weighted by atomic mass is 10.1. The maximum Gasteiger partial charge on any atom is 0.133 e. The number of nitrogens with one attached hydrogen (secondary N) is 1. The number of halogens is 1. The minimum atomic E-state index is 0.576. The quantitative estimate of drug-likeness (QED) is 0.848. The number of rotatable bonds is 1. The van der Waals surface area contributed by atoms with Gasteiger partial charge in [-0.15, -0.1) is 0 Å². The van der Waals surface area contributed by atoms with Crippen LogP contribution >= 0.6 is 15.9 Å². The smallest absolute Gasteiger partial charge is 0.133 e. The predicted molar refractivity (Wildman–Crippen MR) is 73.6 cm³/mol. The second-order valence-electron chi connectivity index (χ2n) is 4.04. The van der Waals surface area contributed by atoms with E-state index in [0.29, 0.717) is 5.84 Å². The normalized spacial score (nSPS) is 13.9. The molecule has 0 aromatic heterocycles. The molecular formula is C14H11BrN2. The fraction of sp³-hybridized carbons (Fsp3) is 0.0714. The van der Waals surface area contributed by atoms with Crippen molar-refractivity contribution in [2.75, 3.05) is 4.90 Å². The monoisotopic (exact) mass is 286 g/mol. The average molecular weight is 287 g/mol. The molecule has 3 rings (SSSR count). The van der Waals surface area contributed by atoms with Crippen LogP contribution < -0.4 is 4.90 Å².